The molecule has 4 nitrogen and oxygen atoms in total. The zero-order valence-corrected chi connectivity index (χ0v) is 7.30. The fraction of sp³-hybridized carbons (Fsp3) is 0.429. The van der Waals surface area contributed by atoms with Gasteiger partial charge in [0.15, 0.2) is 0 Å². The molecule has 0 unspecified atom stereocenters. The average molecular weight is 207 g/mol. The second kappa shape index (κ2) is 3.69. The van der Waals surface area contributed by atoms with Crippen LogP contribution < -0.4 is 5.32 Å². The van der Waals surface area contributed by atoms with Gasteiger partial charge in [-0.1, -0.05) is 0 Å². The Bertz CT molecular complexity index is 331. The number of carbonyl (C=O) groups is 1. The van der Waals surface area contributed by atoms with Gasteiger partial charge in [0.1, 0.15) is 12.2 Å². The molecule has 0 aromatic carbocycles. The van der Waals surface area contributed by atoms with Gasteiger partial charge in [-0.25, -0.2) is 0 Å². The molecule has 0 radical (unpaired) electrons. The van der Waals surface area contributed by atoms with Crippen LogP contribution in [0.25, 0.3) is 0 Å². The number of nitrogens with zero attached hydrogens (tertiary/aromatic N) is 2. The molecule has 1 amide bonds. The van der Waals surface area contributed by atoms with E-state index in [1.165, 1.54) is 16.9 Å². The third-order valence-electron chi connectivity index (χ3n) is 1.40. The number of aromatic nitrogens is 2. The van der Waals surface area contributed by atoms with Gasteiger partial charge in [0.05, 0.1) is 0 Å². The largest absolute Gasteiger partial charge is 0.405 e. The van der Waals surface area contributed by atoms with Crippen molar-refractivity contribution in [1.82, 2.24) is 15.1 Å². The Morgan fingerprint density at radius 1 is 1.64 bits per heavy atom. The molecule has 14 heavy (non-hydrogen) atoms. The molecule has 1 aromatic heterocycles. The summed E-state index contributed by atoms with van der Waals surface area (Å²) in [6.07, 6.45) is -2.92. The molecular formula is C7H8F3N3O. The first-order chi connectivity index (χ1) is 6.38. The zero-order chi connectivity index (χ0) is 10.8. The third kappa shape index (κ3) is 3.08. The first-order valence-corrected chi connectivity index (χ1v) is 3.73. The number of nitrogens with one attached hydrogen (secondary N) is 1. The molecule has 0 aliphatic carbocycles. The topological polar surface area (TPSA) is 46.9 Å². The number of amides is 1. The summed E-state index contributed by atoms with van der Waals surface area (Å²) in [5.74, 6) is -0.831. The van der Waals surface area contributed by atoms with Crippen LogP contribution >= 0.6 is 0 Å². The van der Waals surface area contributed by atoms with Gasteiger partial charge < -0.3 is 5.32 Å². The molecule has 0 spiro atoms. The van der Waals surface area contributed by atoms with Gasteiger partial charge in [-0.05, 0) is 6.07 Å². The summed E-state index contributed by atoms with van der Waals surface area (Å²) < 4.78 is 36.4. The normalized spacial score (nSPS) is 11.4. The van der Waals surface area contributed by atoms with Crippen LogP contribution in [-0.4, -0.2) is 28.4 Å². The van der Waals surface area contributed by atoms with E-state index in [1.807, 2.05) is 0 Å². The van der Waals surface area contributed by atoms with Gasteiger partial charge >= 0.3 is 6.18 Å². The van der Waals surface area contributed by atoms with Crippen LogP contribution in [0, 0.1) is 0 Å². The maximum absolute atomic E-state index is 11.7. The van der Waals surface area contributed by atoms with Gasteiger partial charge in [0, 0.05) is 13.2 Å². The Kier molecular flexibility index (Phi) is 2.78. The monoisotopic (exact) mass is 207 g/mol. The molecule has 7 heteroatoms. The minimum Gasteiger partial charge on any atom is -0.342 e. The van der Waals surface area contributed by atoms with Crippen LogP contribution in [0.15, 0.2) is 12.3 Å². The van der Waals surface area contributed by atoms with E-state index >= 15 is 0 Å². The molecule has 1 N–H and O–H groups in total. The van der Waals surface area contributed by atoms with Crippen LogP contribution in [0.1, 0.15) is 10.5 Å². The lowest BCUT2D eigenvalue weighted by Crippen LogP contribution is -2.33. The fourth-order valence-electron chi connectivity index (χ4n) is 0.807. The van der Waals surface area contributed by atoms with Gasteiger partial charge in [0.25, 0.3) is 5.91 Å². The highest BCUT2D eigenvalue weighted by molar-refractivity contribution is 5.92. The summed E-state index contributed by atoms with van der Waals surface area (Å²) in [5.41, 5.74) is -0.0308. The predicted molar refractivity (Wildman–Crippen MR) is 41.6 cm³/mol. The number of alkyl halides is 3. The molecule has 1 heterocycles. The minimum atomic E-state index is -4.40. The SMILES string of the molecule is Cn1ccc(C(=O)NCC(F)(F)F)n1. The van der Waals surface area contributed by atoms with E-state index in [9.17, 15) is 18.0 Å². The number of aryl methyl sites for hydroxylation is 1. The molecule has 0 saturated carbocycles. The first-order valence-electron chi connectivity index (χ1n) is 3.73. The van der Waals surface area contributed by atoms with Gasteiger partial charge in [-0.15, -0.1) is 0 Å². The van der Waals surface area contributed by atoms with Gasteiger partial charge in [0.2, 0.25) is 0 Å². The first kappa shape index (κ1) is 10.6. The van der Waals surface area contributed by atoms with Crippen LogP contribution in [0.2, 0.25) is 0 Å². The summed E-state index contributed by atoms with van der Waals surface area (Å²) in [4.78, 5) is 11.0. The second-order valence-electron chi connectivity index (χ2n) is 2.67. The summed E-state index contributed by atoms with van der Waals surface area (Å²) in [7, 11) is 1.57. The lowest BCUT2D eigenvalue weighted by molar-refractivity contribution is -0.123. The van der Waals surface area contributed by atoms with Crippen molar-refractivity contribution < 1.29 is 18.0 Å². The molecular weight excluding hydrogens is 199 g/mol. The quantitative estimate of drug-likeness (QED) is 0.776. The third-order valence-corrected chi connectivity index (χ3v) is 1.40. The zero-order valence-electron chi connectivity index (χ0n) is 7.30. The van der Waals surface area contributed by atoms with Crippen LogP contribution in [-0.2, 0) is 7.05 Å². The van der Waals surface area contributed by atoms with E-state index in [4.69, 9.17) is 0 Å². The molecule has 0 atom stereocenters. The molecule has 1 aromatic rings. The van der Waals surface area contributed by atoms with E-state index in [1.54, 1.807) is 12.4 Å². The number of hydrogen-bond donors (Lipinski definition) is 1. The van der Waals surface area contributed by atoms with E-state index in [-0.39, 0.29) is 5.69 Å². The van der Waals surface area contributed by atoms with Crippen molar-refractivity contribution in [3.63, 3.8) is 0 Å². The summed E-state index contributed by atoms with van der Waals surface area (Å²) in [6, 6.07) is 1.34. The Hall–Kier alpha value is -1.53. The van der Waals surface area contributed by atoms with Crippen molar-refractivity contribution in [3.05, 3.63) is 18.0 Å². The van der Waals surface area contributed by atoms with Crippen molar-refractivity contribution in [2.45, 2.75) is 6.18 Å². The summed E-state index contributed by atoms with van der Waals surface area (Å²) in [5, 5.41) is 5.36. The maximum atomic E-state index is 11.7. The van der Waals surface area contributed by atoms with Crippen LogP contribution in [0.5, 0.6) is 0 Å². The number of rotatable bonds is 2. The molecule has 0 aliphatic heterocycles. The van der Waals surface area contributed by atoms with Gasteiger partial charge in [-0.3, -0.25) is 9.48 Å². The minimum absolute atomic E-state index is 0.0308. The molecule has 0 aliphatic rings. The molecule has 0 saturated heterocycles. The van der Waals surface area contributed by atoms with Crippen LogP contribution in [0.4, 0.5) is 13.2 Å². The van der Waals surface area contributed by atoms with Crippen molar-refractivity contribution in [1.29, 1.82) is 0 Å². The standard InChI is InChI=1S/C7H8F3N3O/c1-13-3-2-5(12-13)6(14)11-4-7(8,9)10/h2-3H,4H2,1H3,(H,11,14). The summed E-state index contributed by atoms with van der Waals surface area (Å²) >= 11 is 0. The molecule has 78 valence electrons. The highest BCUT2D eigenvalue weighted by atomic mass is 19.4. The highest BCUT2D eigenvalue weighted by Gasteiger charge is 2.28. The Morgan fingerprint density at radius 3 is 2.71 bits per heavy atom. The highest BCUT2D eigenvalue weighted by Crippen LogP contribution is 2.12. The van der Waals surface area contributed by atoms with E-state index in [0.717, 1.165) is 0 Å². The Morgan fingerprint density at radius 2 is 2.29 bits per heavy atom. The maximum Gasteiger partial charge on any atom is 0.405 e. The van der Waals surface area contributed by atoms with Crippen molar-refractivity contribution in [2.75, 3.05) is 6.54 Å². The fourth-order valence-corrected chi connectivity index (χ4v) is 0.807. The van der Waals surface area contributed by atoms with Crippen molar-refractivity contribution >= 4 is 5.91 Å². The van der Waals surface area contributed by atoms with E-state index in [2.05, 4.69) is 5.10 Å². The number of hydrogen-bond acceptors (Lipinski definition) is 2. The number of halogens is 3. The molecule has 0 fully saturated rings. The van der Waals surface area contributed by atoms with E-state index < -0.39 is 18.6 Å². The van der Waals surface area contributed by atoms with Gasteiger partial charge in [-0.2, -0.15) is 18.3 Å². The second-order valence-corrected chi connectivity index (χ2v) is 2.67. The van der Waals surface area contributed by atoms with Crippen LogP contribution in [0.3, 0.4) is 0 Å². The van der Waals surface area contributed by atoms with Crippen molar-refractivity contribution in [3.8, 4) is 0 Å². The average Bonchev–Trinajstić information content (AvgIpc) is 2.46. The lowest BCUT2D eigenvalue weighted by atomic mass is 10.4. The predicted octanol–water partition coefficient (Wildman–Crippen LogP) is 0.712. The van der Waals surface area contributed by atoms with E-state index in [0.29, 0.717) is 0 Å². The Labute approximate surface area is 77.7 Å². The Balaban J connectivity index is 2.52. The summed E-state index contributed by atoms with van der Waals surface area (Å²) in [6.45, 7) is -1.34. The smallest absolute Gasteiger partial charge is 0.342 e. The number of carbonyl (C=O) groups excluding carboxylic acids is 1. The van der Waals surface area contributed by atoms with Crippen molar-refractivity contribution in [2.24, 2.45) is 7.05 Å². The molecule has 0 bridgehead atoms. The lowest BCUT2D eigenvalue weighted by Gasteiger charge is -2.06. The molecule has 1 rings (SSSR count).